The maximum absolute atomic E-state index is 11.8. The largest absolute Gasteiger partial charge is 0.350 e. The predicted octanol–water partition coefficient (Wildman–Crippen LogP) is 2.95. The number of rotatable bonds is 7. The Morgan fingerprint density at radius 2 is 1.79 bits per heavy atom. The first-order valence-corrected chi connectivity index (χ1v) is 7.08. The molecule has 0 heterocycles. The van der Waals surface area contributed by atoms with E-state index >= 15 is 0 Å². The molecule has 0 aromatic heterocycles. The van der Waals surface area contributed by atoms with E-state index in [1.54, 1.807) is 0 Å². The van der Waals surface area contributed by atoms with Crippen LogP contribution in [0.1, 0.15) is 50.8 Å². The number of amides is 1. The number of carbonyl (C=O) groups is 1. The smallest absolute Gasteiger partial charge is 0.220 e. The van der Waals surface area contributed by atoms with Gasteiger partial charge in [-0.1, -0.05) is 43.7 Å². The van der Waals surface area contributed by atoms with Crippen molar-refractivity contribution in [3.05, 3.63) is 35.4 Å². The van der Waals surface area contributed by atoms with Gasteiger partial charge < -0.3 is 10.6 Å². The van der Waals surface area contributed by atoms with Crippen LogP contribution in [0.2, 0.25) is 0 Å². The number of nitrogens with one attached hydrogen (secondary N) is 2. The molecule has 1 rings (SSSR count). The van der Waals surface area contributed by atoms with E-state index in [4.69, 9.17) is 0 Å². The molecule has 19 heavy (non-hydrogen) atoms. The summed E-state index contributed by atoms with van der Waals surface area (Å²) in [5, 5.41) is 6.35. The van der Waals surface area contributed by atoms with Crippen LogP contribution >= 0.6 is 0 Å². The summed E-state index contributed by atoms with van der Waals surface area (Å²) in [7, 11) is 0. The quantitative estimate of drug-likeness (QED) is 0.742. The summed E-state index contributed by atoms with van der Waals surface area (Å²) in [4.78, 5) is 11.8. The van der Waals surface area contributed by atoms with Gasteiger partial charge in [0.25, 0.3) is 0 Å². The topological polar surface area (TPSA) is 41.1 Å². The maximum atomic E-state index is 11.8. The highest BCUT2D eigenvalue weighted by Gasteiger charge is 2.08. The molecular weight excluding hydrogens is 236 g/mol. The lowest BCUT2D eigenvalue weighted by atomic mass is 10.1. The van der Waals surface area contributed by atoms with Gasteiger partial charge in [-0.25, -0.2) is 0 Å². The lowest BCUT2D eigenvalue weighted by Crippen LogP contribution is -2.28. The normalized spacial score (nSPS) is 12.5. The van der Waals surface area contributed by atoms with E-state index in [1.807, 2.05) is 6.92 Å². The molecule has 0 saturated carbocycles. The van der Waals surface area contributed by atoms with Crippen molar-refractivity contribution in [3.8, 4) is 0 Å². The van der Waals surface area contributed by atoms with Gasteiger partial charge in [0, 0.05) is 12.5 Å². The lowest BCUT2D eigenvalue weighted by molar-refractivity contribution is -0.121. The van der Waals surface area contributed by atoms with Crippen molar-refractivity contribution >= 4 is 5.91 Å². The van der Waals surface area contributed by atoms with Gasteiger partial charge in [-0.3, -0.25) is 4.79 Å². The van der Waals surface area contributed by atoms with Crippen molar-refractivity contribution in [2.24, 2.45) is 0 Å². The third kappa shape index (κ3) is 6.39. The van der Waals surface area contributed by atoms with Crippen LogP contribution in [0, 0.1) is 6.92 Å². The highest BCUT2D eigenvalue weighted by molar-refractivity contribution is 5.76. The fourth-order valence-electron chi connectivity index (χ4n) is 1.89. The van der Waals surface area contributed by atoms with Gasteiger partial charge in [-0.05, 0) is 32.4 Å². The van der Waals surface area contributed by atoms with E-state index < -0.39 is 0 Å². The lowest BCUT2D eigenvalue weighted by Gasteiger charge is -2.15. The highest BCUT2D eigenvalue weighted by Crippen LogP contribution is 2.13. The Morgan fingerprint density at radius 3 is 2.37 bits per heavy atom. The van der Waals surface area contributed by atoms with Gasteiger partial charge in [0.15, 0.2) is 0 Å². The molecule has 3 heteroatoms. The summed E-state index contributed by atoms with van der Waals surface area (Å²) in [6, 6.07) is 8.84. The van der Waals surface area contributed by atoms with Crippen LogP contribution in [0.15, 0.2) is 24.3 Å². The zero-order valence-corrected chi connectivity index (χ0v) is 12.5. The van der Waals surface area contributed by atoms with E-state index in [0.717, 1.165) is 18.5 Å². The van der Waals surface area contributed by atoms with Crippen molar-refractivity contribution in [3.63, 3.8) is 0 Å². The SMILES string of the molecule is Cc1ccc([C@H](C)NC(=O)CCCNC(C)C)cc1. The zero-order chi connectivity index (χ0) is 14.3. The number of hydrogen-bond acceptors (Lipinski definition) is 2. The van der Waals surface area contributed by atoms with Crippen molar-refractivity contribution in [2.45, 2.75) is 52.6 Å². The van der Waals surface area contributed by atoms with Crippen LogP contribution in [0.25, 0.3) is 0 Å². The number of benzene rings is 1. The number of hydrogen-bond donors (Lipinski definition) is 2. The van der Waals surface area contributed by atoms with Crippen molar-refractivity contribution < 1.29 is 4.79 Å². The Balaban J connectivity index is 2.29. The van der Waals surface area contributed by atoms with Crippen LogP contribution in [0.3, 0.4) is 0 Å². The Morgan fingerprint density at radius 1 is 1.16 bits per heavy atom. The molecule has 0 spiro atoms. The average molecular weight is 262 g/mol. The summed E-state index contributed by atoms with van der Waals surface area (Å²) < 4.78 is 0. The molecule has 0 radical (unpaired) electrons. The molecule has 0 bridgehead atoms. The minimum Gasteiger partial charge on any atom is -0.350 e. The summed E-state index contributed by atoms with van der Waals surface area (Å²) in [6.45, 7) is 9.20. The fourth-order valence-corrected chi connectivity index (χ4v) is 1.89. The molecule has 2 N–H and O–H groups in total. The molecule has 0 aliphatic rings. The summed E-state index contributed by atoms with van der Waals surface area (Å²) >= 11 is 0. The molecule has 3 nitrogen and oxygen atoms in total. The van der Waals surface area contributed by atoms with Gasteiger partial charge in [0.2, 0.25) is 5.91 Å². The molecular formula is C16H26N2O. The summed E-state index contributed by atoms with van der Waals surface area (Å²) in [6.07, 6.45) is 1.46. The van der Waals surface area contributed by atoms with Crippen molar-refractivity contribution in [1.29, 1.82) is 0 Å². The second-order valence-electron chi connectivity index (χ2n) is 5.41. The monoisotopic (exact) mass is 262 g/mol. The van der Waals surface area contributed by atoms with Gasteiger partial charge in [-0.15, -0.1) is 0 Å². The molecule has 0 fully saturated rings. The molecule has 0 aliphatic heterocycles. The predicted molar refractivity (Wildman–Crippen MR) is 80.1 cm³/mol. The van der Waals surface area contributed by atoms with Gasteiger partial charge in [0.05, 0.1) is 6.04 Å². The van der Waals surface area contributed by atoms with Gasteiger partial charge in [-0.2, -0.15) is 0 Å². The summed E-state index contributed by atoms with van der Waals surface area (Å²) in [5.41, 5.74) is 2.39. The van der Waals surface area contributed by atoms with Crippen LogP contribution in [-0.2, 0) is 4.79 Å². The molecule has 0 unspecified atom stereocenters. The Labute approximate surface area is 116 Å². The molecule has 1 aromatic carbocycles. The third-order valence-corrected chi connectivity index (χ3v) is 3.09. The fraction of sp³-hybridized carbons (Fsp3) is 0.562. The first-order chi connectivity index (χ1) is 8.99. The first kappa shape index (κ1) is 15.7. The first-order valence-electron chi connectivity index (χ1n) is 7.08. The summed E-state index contributed by atoms with van der Waals surface area (Å²) in [5.74, 6) is 0.124. The molecule has 106 valence electrons. The third-order valence-electron chi connectivity index (χ3n) is 3.09. The Bertz CT molecular complexity index is 384. The molecule has 0 saturated heterocycles. The average Bonchev–Trinajstić information content (AvgIpc) is 2.35. The number of aryl methyl sites for hydroxylation is 1. The second kappa shape index (κ2) is 7.95. The second-order valence-corrected chi connectivity index (χ2v) is 5.41. The number of carbonyl (C=O) groups excluding carboxylic acids is 1. The van der Waals surface area contributed by atoms with Crippen LogP contribution in [0.4, 0.5) is 0 Å². The molecule has 0 aliphatic carbocycles. The van der Waals surface area contributed by atoms with E-state index in [0.29, 0.717) is 12.5 Å². The maximum Gasteiger partial charge on any atom is 0.220 e. The highest BCUT2D eigenvalue weighted by atomic mass is 16.1. The van der Waals surface area contributed by atoms with Crippen LogP contribution < -0.4 is 10.6 Å². The van der Waals surface area contributed by atoms with Crippen molar-refractivity contribution in [2.75, 3.05) is 6.54 Å². The minimum absolute atomic E-state index is 0.0751. The van der Waals surface area contributed by atoms with Crippen molar-refractivity contribution in [1.82, 2.24) is 10.6 Å². The van der Waals surface area contributed by atoms with Gasteiger partial charge in [0.1, 0.15) is 0 Å². The van der Waals surface area contributed by atoms with E-state index in [9.17, 15) is 4.79 Å². The Hall–Kier alpha value is -1.35. The minimum atomic E-state index is 0.0751. The standard InChI is InChI=1S/C16H26N2O/c1-12(2)17-11-5-6-16(19)18-14(4)15-9-7-13(3)8-10-15/h7-10,12,14,17H,5-6,11H2,1-4H3,(H,18,19)/t14-/m0/s1. The van der Waals surface area contributed by atoms with Crippen LogP contribution in [-0.4, -0.2) is 18.5 Å². The van der Waals surface area contributed by atoms with E-state index in [-0.39, 0.29) is 11.9 Å². The molecule has 1 aromatic rings. The van der Waals surface area contributed by atoms with Gasteiger partial charge >= 0.3 is 0 Å². The van der Waals surface area contributed by atoms with Crippen LogP contribution in [0.5, 0.6) is 0 Å². The van der Waals surface area contributed by atoms with E-state index in [1.165, 1.54) is 5.56 Å². The molecule has 1 amide bonds. The van der Waals surface area contributed by atoms with E-state index in [2.05, 4.69) is 55.7 Å². The zero-order valence-electron chi connectivity index (χ0n) is 12.5. The molecule has 1 atom stereocenters. The Kier molecular flexibility index (Phi) is 6.57.